The molecule has 1 saturated carbocycles. The summed E-state index contributed by atoms with van der Waals surface area (Å²) >= 11 is 1.81. The molecule has 1 heterocycles. The fraction of sp³-hybridized carbons (Fsp3) is 0.786. The lowest BCUT2D eigenvalue weighted by Crippen LogP contribution is -2.29. The van der Waals surface area contributed by atoms with Crippen LogP contribution in [0.15, 0.2) is 6.20 Å². The second-order valence-electron chi connectivity index (χ2n) is 5.00. The summed E-state index contributed by atoms with van der Waals surface area (Å²) in [5, 5.41) is 4.38. The van der Waals surface area contributed by atoms with Gasteiger partial charge in [0.1, 0.15) is 10.6 Å². The monoisotopic (exact) mass is 268 g/mol. The molecule has 18 heavy (non-hydrogen) atoms. The molecule has 1 aromatic heterocycles. The Morgan fingerprint density at radius 2 is 2.06 bits per heavy atom. The van der Waals surface area contributed by atoms with Gasteiger partial charge >= 0.3 is 0 Å². The molecule has 1 aliphatic rings. The Morgan fingerprint density at radius 3 is 2.67 bits per heavy atom. The molecule has 0 amide bonds. The van der Waals surface area contributed by atoms with Crippen molar-refractivity contribution < 1.29 is 4.74 Å². The third-order valence-electron chi connectivity index (χ3n) is 3.63. The predicted octanol–water partition coefficient (Wildman–Crippen LogP) is 3.45. The maximum Gasteiger partial charge on any atom is 0.125 e. The van der Waals surface area contributed by atoms with Gasteiger partial charge in [-0.15, -0.1) is 11.3 Å². The van der Waals surface area contributed by atoms with E-state index in [1.165, 1.54) is 35.6 Å². The molecule has 1 N–H and O–H groups in total. The topological polar surface area (TPSA) is 34.1 Å². The fourth-order valence-corrected chi connectivity index (χ4v) is 3.89. The Labute approximate surface area is 114 Å². The highest BCUT2D eigenvalue weighted by Gasteiger charge is 2.36. The maximum absolute atomic E-state index is 6.16. The summed E-state index contributed by atoms with van der Waals surface area (Å²) in [6, 6.07) is 0. The first-order chi connectivity index (χ1) is 8.80. The summed E-state index contributed by atoms with van der Waals surface area (Å²) in [4.78, 5) is 5.95. The van der Waals surface area contributed by atoms with Crippen LogP contribution in [0.5, 0.6) is 0 Å². The largest absolute Gasteiger partial charge is 0.368 e. The maximum atomic E-state index is 6.16. The van der Waals surface area contributed by atoms with E-state index >= 15 is 0 Å². The Kier molecular flexibility index (Phi) is 5.15. The van der Waals surface area contributed by atoms with E-state index in [0.29, 0.717) is 0 Å². The molecule has 0 saturated heterocycles. The quantitative estimate of drug-likeness (QED) is 0.831. The zero-order valence-corrected chi connectivity index (χ0v) is 12.3. The third-order valence-corrected chi connectivity index (χ3v) is 4.81. The van der Waals surface area contributed by atoms with E-state index < -0.39 is 0 Å². The van der Waals surface area contributed by atoms with Crippen LogP contribution in [0.4, 0.5) is 0 Å². The Morgan fingerprint density at radius 1 is 1.33 bits per heavy atom. The summed E-state index contributed by atoms with van der Waals surface area (Å²) in [7, 11) is 1.98. The molecular formula is C14H24N2OS. The van der Waals surface area contributed by atoms with Crippen molar-refractivity contribution in [1.82, 2.24) is 10.3 Å². The molecule has 1 aliphatic carbocycles. The van der Waals surface area contributed by atoms with Crippen LogP contribution in [0.3, 0.4) is 0 Å². The summed E-state index contributed by atoms with van der Waals surface area (Å²) in [6.45, 7) is 3.77. The Bertz CT molecular complexity index is 356. The number of hydrogen-bond donors (Lipinski definition) is 1. The van der Waals surface area contributed by atoms with E-state index in [2.05, 4.69) is 17.2 Å². The molecule has 0 bridgehead atoms. The van der Waals surface area contributed by atoms with E-state index in [-0.39, 0.29) is 5.60 Å². The van der Waals surface area contributed by atoms with Crippen molar-refractivity contribution in [2.45, 2.75) is 57.6 Å². The van der Waals surface area contributed by atoms with Gasteiger partial charge in [0.2, 0.25) is 0 Å². The van der Waals surface area contributed by atoms with Gasteiger partial charge in [-0.25, -0.2) is 4.98 Å². The second kappa shape index (κ2) is 6.64. The van der Waals surface area contributed by atoms with Crippen molar-refractivity contribution in [2.75, 3.05) is 13.7 Å². The average Bonchev–Trinajstić information content (AvgIpc) is 2.70. The smallest absolute Gasteiger partial charge is 0.125 e. The lowest BCUT2D eigenvalue weighted by molar-refractivity contribution is -0.0559. The normalized spacial score (nSPS) is 19.7. The van der Waals surface area contributed by atoms with E-state index in [9.17, 15) is 0 Å². The Hall–Kier alpha value is -0.450. The van der Waals surface area contributed by atoms with Gasteiger partial charge in [0.15, 0.2) is 0 Å². The van der Waals surface area contributed by atoms with Crippen LogP contribution in [0.1, 0.15) is 55.3 Å². The zero-order valence-electron chi connectivity index (χ0n) is 11.5. The van der Waals surface area contributed by atoms with Crippen LogP contribution in [0, 0.1) is 0 Å². The van der Waals surface area contributed by atoms with Crippen molar-refractivity contribution in [3.8, 4) is 0 Å². The van der Waals surface area contributed by atoms with Gasteiger partial charge in [0.25, 0.3) is 0 Å². The van der Waals surface area contributed by atoms with Crippen LogP contribution >= 0.6 is 11.3 Å². The fourth-order valence-electron chi connectivity index (χ4n) is 2.77. The highest BCUT2D eigenvalue weighted by molar-refractivity contribution is 7.11. The number of nitrogens with zero attached hydrogens (tertiary/aromatic N) is 1. The van der Waals surface area contributed by atoms with Crippen molar-refractivity contribution in [3.63, 3.8) is 0 Å². The molecule has 0 aliphatic heterocycles. The molecule has 4 heteroatoms. The molecule has 1 aromatic rings. The molecule has 3 nitrogen and oxygen atoms in total. The number of aromatic nitrogens is 1. The summed E-state index contributed by atoms with van der Waals surface area (Å²) in [5.74, 6) is 0. The molecule has 0 spiro atoms. The molecule has 102 valence electrons. The van der Waals surface area contributed by atoms with E-state index in [1.54, 1.807) is 0 Å². The first kappa shape index (κ1) is 14.0. The minimum Gasteiger partial charge on any atom is -0.368 e. The van der Waals surface area contributed by atoms with Gasteiger partial charge in [-0.3, -0.25) is 0 Å². The van der Waals surface area contributed by atoms with Gasteiger partial charge in [-0.2, -0.15) is 0 Å². The van der Waals surface area contributed by atoms with E-state index in [0.717, 1.165) is 26.0 Å². The molecule has 0 unspecified atom stereocenters. The van der Waals surface area contributed by atoms with Crippen molar-refractivity contribution in [1.29, 1.82) is 0 Å². The average molecular weight is 268 g/mol. The second-order valence-corrected chi connectivity index (χ2v) is 6.12. The number of thiazole rings is 1. The minimum atomic E-state index is -0.0953. The van der Waals surface area contributed by atoms with Crippen LogP contribution in [0.2, 0.25) is 0 Å². The van der Waals surface area contributed by atoms with Gasteiger partial charge in [0, 0.05) is 24.2 Å². The molecular weight excluding hydrogens is 244 g/mol. The van der Waals surface area contributed by atoms with Crippen LogP contribution in [-0.4, -0.2) is 18.6 Å². The highest BCUT2D eigenvalue weighted by Crippen LogP contribution is 2.41. The molecule has 1 fully saturated rings. The molecule has 0 radical (unpaired) electrons. The third kappa shape index (κ3) is 3.11. The molecule has 2 rings (SSSR count). The lowest BCUT2D eigenvalue weighted by Gasteiger charge is -2.30. The van der Waals surface area contributed by atoms with Crippen molar-refractivity contribution in [3.05, 3.63) is 16.1 Å². The SMILES string of the molecule is CCOC1(c2ncc(CNC)s2)CCCCCC1. The number of nitrogens with one attached hydrogen (secondary N) is 1. The summed E-state index contributed by atoms with van der Waals surface area (Å²) in [5.41, 5.74) is -0.0953. The molecule has 0 aromatic carbocycles. The minimum absolute atomic E-state index is 0.0953. The van der Waals surface area contributed by atoms with Crippen molar-refractivity contribution >= 4 is 11.3 Å². The van der Waals surface area contributed by atoms with E-state index in [1.807, 2.05) is 24.6 Å². The van der Waals surface area contributed by atoms with Crippen LogP contribution < -0.4 is 5.32 Å². The number of ether oxygens (including phenoxy) is 1. The first-order valence-corrected chi connectivity index (χ1v) is 7.86. The van der Waals surface area contributed by atoms with Gasteiger partial charge in [-0.1, -0.05) is 25.7 Å². The predicted molar refractivity (Wildman–Crippen MR) is 75.9 cm³/mol. The van der Waals surface area contributed by atoms with E-state index in [4.69, 9.17) is 4.74 Å². The van der Waals surface area contributed by atoms with Gasteiger partial charge < -0.3 is 10.1 Å². The summed E-state index contributed by atoms with van der Waals surface area (Å²) in [6.07, 6.45) is 9.47. The van der Waals surface area contributed by atoms with Gasteiger partial charge in [-0.05, 0) is 26.8 Å². The lowest BCUT2D eigenvalue weighted by atomic mass is 9.95. The standard InChI is InChI=1S/C14H24N2OS/c1-3-17-14(8-6-4-5-7-9-14)13-16-11-12(18-13)10-15-2/h11,15H,3-10H2,1-2H3. The molecule has 0 atom stereocenters. The zero-order chi connectivity index (χ0) is 12.8. The van der Waals surface area contributed by atoms with Crippen LogP contribution in [-0.2, 0) is 16.9 Å². The van der Waals surface area contributed by atoms with Crippen molar-refractivity contribution in [2.24, 2.45) is 0 Å². The summed E-state index contributed by atoms with van der Waals surface area (Å²) < 4.78 is 6.16. The van der Waals surface area contributed by atoms with Gasteiger partial charge in [0.05, 0.1) is 0 Å². The number of hydrogen-bond acceptors (Lipinski definition) is 4. The Balaban J connectivity index is 2.20. The highest BCUT2D eigenvalue weighted by atomic mass is 32.1. The van der Waals surface area contributed by atoms with Crippen LogP contribution in [0.25, 0.3) is 0 Å². The number of rotatable bonds is 5. The first-order valence-electron chi connectivity index (χ1n) is 7.04.